The fourth-order valence-electron chi connectivity index (χ4n) is 2.66. The molecule has 0 fully saturated rings. The second kappa shape index (κ2) is 4.33. The van der Waals surface area contributed by atoms with Gasteiger partial charge in [-0.1, -0.05) is 47.5 Å². The minimum Gasteiger partial charge on any atom is -0.377 e. The van der Waals surface area contributed by atoms with Crippen LogP contribution in [-0.2, 0) is 6.42 Å². The quantitative estimate of drug-likeness (QED) is 0.783. The molecule has 0 saturated heterocycles. The van der Waals surface area contributed by atoms with Crippen molar-refractivity contribution < 1.29 is 0 Å². The lowest BCUT2D eigenvalue weighted by Gasteiger charge is -2.13. The van der Waals surface area contributed by atoms with Crippen LogP contribution in [0.25, 0.3) is 0 Å². The van der Waals surface area contributed by atoms with Gasteiger partial charge in [-0.2, -0.15) is 0 Å². The molecule has 2 aromatic carbocycles. The van der Waals surface area contributed by atoms with Gasteiger partial charge < -0.3 is 5.32 Å². The molecule has 0 saturated carbocycles. The predicted octanol–water partition coefficient (Wildman–Crippen LogP) is 4.67. The molecule has 0 spiro atoms. The van der Waals surface area contributed by atoms with Gasteiger partial charge in [0.05, 0.1) is 6.04 Å². The highest BCUT2D eigenvalue weighted by Gasteiger charge is 2.25. The number of hydrogen-bond acceptors (Lipinski definition) is 1. The number of benzene rings is 2. The molecule has 2 heteroatoms. The molecule has 0 aromatic heterocycles. The zero-order valence-electron chi connectivity index (χ0n) is 10.6. The molecule has 3 rings (SSSR count). The van der Waals surface area contributed by atoms with Crippen LogP contribution in [0.2, 0.25) is 5.02 Å². The van der Waals surface area contributed by atoms with Crippen LogP contribution >= 0.6 is 11.6 Å². The Hall–Kier alpha value is -1.47. The van der Waals surface area contributed by atoms with Crippen LogP contribution in [0.3, 0.4) is 0 Å². The smallest absolute Gasteiger partial charge is 0.0555 e. The Morgan fingerprint density at radius 2 is 2.00 bits per heavy atom. The van der Waals surface area contributed by atoms with E-state index in [1.807, 2.05) is 6.07 Å². The fraction of sp³-hybridized carbons (Fsp3) is 0.250. The first-order valence-corrected chi connectivity index (χ1v) is 6.64. The largest absolute Gasteiger partial charge is 0.377 e. The minimum atomic E-state index is 0.346. The van der Waals surface area contributed by atoms with E-state index in [4.69, 9.17) is 11.6 Å². The van der Waals surface area contributed by atoms with E-state index in [1.165, 1.54) is 27.9 Å². The number of hydrogen-bond donors (Lipinski definition) is 1. The van der Waals surface area contributed by atoms with Crippen molar-refractivity contribution in [2.75, 3.05) is 5.32 Å². The average Bonchev–Trinajstić information content (AvgIpc) is 2.80. The molecule has 1 atom stereocenters. The van der Waals surface area contributed by atoms with E-state index in [0.717, 1.165) is 11.4 Å². The van der Waals surface area contributed by atoms with Gasteiger partial charge in [-0.15, -0.1) is 0 Å². The SMILES string of the molecule is Cc1cccc(C2Cc3c(Cl)ccc(C)c3N2)c1. The van der Waals surface area contributed by atoms with Crippen LogP contribution < -0.4 is 5.32 Å². The molecule has 92 valence electrons. The maximum Gasteiger partial charge on any atom is 0.0555 e. The van der Waals surface area contributed by atoms with Gasteiger partial charge in [-0.25, -0.2) is 0 Å². The lowest BCUT2D eigenvalue weighted by atomic mass is 10.0. The zero-order chi connectivity index (χ0) is 12.7. The Morgan fingerprint density at radius 3 is 2.72 bits per heavy atom. The van der Waals surface area contributed by atoms with Crippen molar-refractivity contribution in [3.63, 3.8) is 0 Å². The topological polar surface area (TPSA) is 12.0 Å². The summed E-state index contributed by atoms with van der Waals surface area (Å²) < 4.78 is 0. The van der Waals surface area contributed by atoms with Crippen molar-refractivity contribution in [3.05, 3.63) is 63.7 Å². The highest BCUT2D eigenvalue weighted by atomic mass is 35.5. The van der Waals surface area contributed by atoms with Crippen molar-refractivity contribution in [1.82, 2.24) is 0 Å². The van der Waals surface area contributed by atoms with Gasteiger partial charge in [0.25, 0.3) is 0 Å². The van der Waals surface area contributed by atoms with Crippen LogP contribution in [0.5, 0.6) is 0 Å². The lowest BCUT2D eigenvalue weighted by molar-refractivity contribution is 0.823. The molecule has 0 amide bonds. The second-order valence-corrected chi connectivity index (χ2v) is 5.44. The third kappa shape index (κ3) is 1.89. The summed E-state index contributed by atoms with van der Waals surface area (Å²) in [5.41, 5.74) is 6.37. The van der Waals surface area contributed by atoms with E-state index in [1.54, 1.807) is 0 Å². The molecule has 1 N–H and O–H groups in total. The summed E-state index contributed by atoms with van der Waals surface area (Å²) in [6.07, 6.45) is 0.972. The van der Waals surface area contributed by atoms with Gasteiger partial charge in [-0.05, 0) is 36.6 Å². The Bertz CT molecular complexity index is 573. The maximum atomic E-state index is 6.29. The second-order valence-electron chi connectivity index (χ2n) is 5.03. The third-order valence-electron chi connectivity index (χ3n) is 3.64. The molecule has 1 unspecified atom stereocenters. The highest BCUT2D eigenvalue weighted by molar-refractivity contribution is 6.31. The normalized spacial score (nSPS) is 17.4. The molecule has 1 aliphatic rings. The van der Waals surface area contributed by atoms with Crippen LogP contribution in [0, 0.1) is 13.8 Å². The van der Waals surface area contributed by atoms with Gasteiger partial charge in [0.15, 0.2) is 0 Å². The molecule has 1 nitrogen and oxygen atoms in total. The number of halogens is 1. The minimum absolute atomic E-state index is 0.346. The Labute approximate surface area is 113 Å². The molecule has 0 bridgehead atoms. The fourth-order valence-corrected chi connectivity index (χ4v) is 2.89. The van der Waals surface area contributed by atoms with Gasteiger partial charge in [0.1, 0.15) is 0 Å². The first-order chi connectivity index (χ1) is 8.65. The number of fused-ring (bicyclic) bond motifs is 1. The van der Waals surface area contributed by atoms with Crippen molar-refractivity contribution >= 4 is 17.3 Å². The number of rotatable bonds is 1. The van der Waals surface area contributed by atoms with E-state index in [-0.39, 0.29) is 0 Å². The number of nitrogens with one attached hydrogen (secondary N) is 1. The van der Waals surface area contributed by atoms with Crippen molar-refractivity contribution in [2.45, 2.75) is 26.3 Å². The number of aryl methyl sites for hydroxylation is 2. The first kappa shape index (κ1) is 11.6. The first-order valence-electron chi connectivity index (χ1n) is 6.26. The van der Waals surface area contributed by atoms with Crippen molar-refractivity contribution in [2.24, 2.45) is 0 Å². The molecule has 18 heavy (non-hydrogen) atoms. The van der Waals surface area contributed by atoms with Crippen LogP contribution in [0.4, 0.5) is 5.69 Å². The molecule has 1 aliphatic heterocycles. The van der Waals surface area contributed by atoms with Crippen LogP contribution in [0.15, 0.2) is 36.4 Å². The van der Waals surface area contributed by atoms with E-state index in [9.17, 15) is 0 Å². The molecular formula is C16H16ClN. The predicted molar refractivity (Wildman–Crippen MR) is 77.4 cm³/mol. The zero-order valence-corrected chi connectivity index (χ0v) is 11.4. The molecule has 0 radical (unpaired) electrons. The van der Waals surface area contributed by atoms with Crippen LogP contribution in [0.1, 0.15) is 28.3 Å². The molecule has 2 aromatic rings. The maximum absolute atomic E-state index is 6.29. The summed E-state index contributed by atoms with van der Waals surface area (Å²) in [7, 11) is 0. The summed E-state index contributed by atoms with van der Waals surface area (Å²) in [5, 5.41) is 4.48. The van der Waals surface area contributed by atoms with E-state index < -0.39 is 0 Å². The van der Waals surface area contributed by atoms with Gasteiger partial charge >= 0.3 is 0 Å². The number of anilines is 1. The van der Waals surface area contributed by atoms with Gasteiger partial charge in [-0.3, -0.25) is 0 Å². The van der Waals surface area contributed by atoms with Crippen LogP contribution in [-0.4, -0.2) is 0 Å². The Kier molecular flexibility index (Phi) is 2.79. The van der Waals surface area contributed by atoms with Crippen molar-refractivity contribution in [3.8, 4) is 0 Å². The van der Waals surface area contributed by atoms with E-state index in [2.05, 4.69) is 49.5 Å². The Morgan fingerprint density at radius 1 is 1.17 bits per heavy atom. The lowest BCUT2D eigenvalue weighted by Crippen LogP contribution is -2.06. The molecular weight excluding hydrogens is 242 g/mol. The van der Waals surface area contributed by atoms with Gasteiger partial charge in [0, 0.05) is 17.1 Å². The van der Waals surface area contributed by atoms with E-state index >= 15 is 0 Å². The summed E-state index contributed by atoms with van der Waals surface area (Å²) in [6.45, 7) is 4.25. The third-order valence-corrected chi connectivity index (χ3v) is 3.99. The van der Waals surface area contributed by atoms with Gasteiger partial charge in [0.2, 0.25) is 0 Å². The highest BCUT2D eigenvalue weighted by Crippen LogP contribution is 2.40. The summed E-state index contributed by atoms with van der Waals surface area (Å²) in [5.74, 6) is 0. The summed E-state index contributed by atoms with van der Waals surface area (Å²) in [6, 6.07) is 13.1. The Balaban J connectivity index is 1.98. The standard InChI is InChI=1S/C16H16ClN/c1-10-4-3-5-12(8-10)15-9-13-14(17)7-6-11(2)16(13)18-15/h3-8,15,18H,9H2,1-2H3. The molecule has 1 heterocycles. The molecule has 0 aliphatic carbocycles. The average molecular weight is 258 g/mol. The summed E-state index contributed by atoms with van der Waals surface area (Å²) in [4.78, 5) is 0. The monoisotopic (exact) mass is 257 g/mol. The van der Waals surface area contributed by atoms with E-state index in [0.29, 0.717) is 6.04 Å². The van der Waals surface area contributed by atoms with Crippen molar-refractivity contribution in [1.29, 1.82) is 0 Å². The summed E-state index contributed by atoms with van der Waals surface area (Å²) >= 11 is 6.29.